The molecule has 0 fully saturated rings. The second-order valence-corrected chi connectivity index (χ2v) is 16.2. The smallest absolute Gasteiger partial charge is 0.307 e. The summed E-state index contributed by atoms with van der Waals surface area (Å²) in [5, 5.41) is 4.03. The molecule has 2 heterocycles. The largest absolute Gasteiger partial charge is 0.494 e. The average molecular weight is 907 g/mol. The van der Waals surface area contributed by atoms with Crippen molar-refractivity contribution in [3.8, 4) is 11.5 Å². The highest BCUT2D eigenvalue weighted by molar-refractivity contribution is 9.10. The van der Waals surface area contributed by atoms with E-state index in [9.17, 15) is 9.59 Å². The van der Waals surface area contributed by atoms with Gasteiger partial charge in [-0.3, -0.25) is 9.59 Å². The molecule has 0 aliphatic rings. The molecule has 2 aromatic heterocycles. The fourth-order valence-corrected chi connectivity index (χ4v) is 8.06. The molecule has 314 valence electrons. The van der Waals surface area contributed by atoms with E-state index in [0.717, 1.165) is 85.0 Å². The predicted octanol–water partition coefficient (Wildman–Crippen LogP) is 12.5. The number of ether oxygens (including phenoxy) is 4. The van der Waals surface area contributed by atoms with Crippen LogP contribution >= 0.6 is 39.1 Å². The first kappa shape index (κ1) is 45.6. The number of aryl methyl sites for hydroxylation is 8. The third-order valence-corrected chi connectivity index (χ3v) is 11.9. The quantitative estimate of drug-likeness (QED) is 0.0631. The Bertz CT molecular complexity index is 2320. The summed E-state index contributed by atoms with van der Waals surface area (Å²) in [6.07, 6.45) is 8.65. The van der Waals surface area contributed by atoms with Crippen LogP contribution in [0.3, 0.4) is 0 Å². The molecule has 0 N–H and O–H groups in total. The van der Waals surface area contributed by atoms with Crippen LogP contribution in [-0.4, -0.2) is 47.5 Å². The summed E-state index contributed by atoms with van der Waals surface area (Å²) in [5.74, 6) is 1.39. The Kier molecular flexibility index (Phi) is 17.2. The molecule has 8 nitrogen and oxygen atoms in total. The number of fused-ring (bicyclic) bond motifs is 2. The summed E-state index contributed by atoms with van der Waals surface area (Å²) in [6, 6.07) is 22.4. The molecule has 0 atom stereocenters. The van der Waals surface area contributed by atoms with Gasteiger partial charge < -0.3 is 28.1 Å². The van der Waals surface area contributed by atoms with Gasteiger partial charge in [-0.05, 0) is 153 Å². The summed E-state index contributed by atoms with van der Waals surface area (Å²) < 4.78 is 27.3. The lowest BCUT2D eigenvalue weighted by Crippen LogP contribution is -2.08. The van der Waals surface area contributed by atoms with Crippen molar-refractivity contribution in [2.24, 2.45) is 0 Å². The molecule has 6 rings (SSSR count). The van der Waals surface area contributed by atoms with Gasteiger partial charge in [0, 0.05) is 56.3 Å². The molecule has 0 bridgehead atoms. The van der Waals surface area contributed by atoms with Crippen LogP contribution in [0.1, 0.15) is 72.9 Å². The Labute approximate surface area is 366 Å². The first-order chi connectivity index (χ1) is 28.4. The highest BCUT2D eigenvalue weighted by atomic mass is 79.9. The molecular weight excluding hydrogens is 851 g/mol. The number of nitrogens with zero attached hydrogens (tertiary/aromatic N) is 2. The van der Waals surface area contributed by atoms with Crippen molar-refractivity contribution in [3.63, 3.8) is 0 Å². The van der Waals surface area contributed by atoms with E-state index in [4.69, 9.17) is 42.1 Å². The van der Waals surface area contributed by atoms with Gasteiger partial charge >= 0.3 is 11.9 Å². The molecule has 0 saturated carbocycles. The van der Waals surface area contributed by atoms with E-state index < -0.39 is 0 Å². The van der Waals surface area contributed by atoms with Crippen molar-refractivity contribution in [2.75, 3.05) is 26.4 Å². The van der Waals surface area contributed by atoms with Crippen molar-refractivity contribution >= 4 is 72.9 Å². The van der Waals surface area contributed by atoms with E-state index in [0.29, 0.717) is 52.4 Å². The number of hydrogen-bond acceptors (Lipinski definition) is 6. The zero-order chi connectivity index (χ0) is 42.5. The van der Waals surface area contributed by atoms with Gasteiger partial charge in [-0.2, -0.15) is 0 Å². The second kappa shape index (κ2) is 22.2. The predicted molar refractivity (Wildman–Crippen MR) is 244 cm³/mol. The van der Waals surface area contributed by atoms with E-state index in [1.165, 1.54) is 21.9 Å². The minimum atomic E-state index is -0.171. The highest BCUT2D eigenvalue weighted by Gasteiger charge is 2.14. The average Bonchev–Trinajstić information content (AvgIpc) is 3.76. The van der Waals surface area contributed by atoms with E-state index in [-0.39, 0.29) is 11.9 Å². The maximum absolute atomic E-state index is 11.8. The first-order valence-electron chi connectivity index (χ1n) is 20.3. The first-order valence-corrected chi connectivity index (χ1v) is 21.9. The summed E-state index contributed by atoms with van der Waals surface area (Å²) >= 11 is 16.1. The topological polar surface area (TPSA) is 80.9 Å². The molecule has 0 saturated heterocycles. The molecule has 0 radical (unpaired) electrons. The summed E-state index contributed by atoms with van der Waals surface area (Å²) in [4.78, 5) is 23.5. The number of rotatable bonds is 18. The Morgan fingerprint density at radius 2 is 1.08 bits per heavy atom. The molecule has 0 aliphatic heterocycles. The Morgan fingerprint density at radius 1 is 0.627 bits per heavy atom. The summed E-state index contributed by atoms with van der Waals surface area (Å²) in [6.45, 7) is 14.9. The fraction of sp³-hybridized carbons (Fsp3) is 0.375. The van der Waals surface area contributed by atoms with Gasteiger partial charge in [0.2, 0.25) is 0 Å². The molecular formula is C48H55BrCl2N2O6. The molecule has 11 heteroatoms. The lowest BCUT2D eigenvalue weighted by molar-refractivity contribution is -0.144. The highest BCUT2D eigenvalue weighted by Crippen LogP contribution is 2.31. The minimum absolute atomic E-state index is 0.159. The van der Waals surface area contributed by atoms with Gasteiger partial charge in [0.25, 0.3) is 0 Å². The van der Waals surface area contributed by atoms with Crippen molar-refractivity contribution in [1.82, 2.24) is 9.13 Å². The SMILES string of the molecule is CCOC(=O)CCn1cc(CCCOc2cc(C)c(Cl)c(C)c2)c2cccc(Br)c21.CCOC(=O)CCn1cc(CCCOc2cc(C)c(Cl)c(C)c2)c2ccccc21. The van der Waals surface area contributed by atoms with E-state index in [1.54, 1.807) is 0 Å². The fourth-order valence-electron chi connectivity index (χ4n) is 7.25. The number of para-hydroxylation sites is 2. The van der Waals surface area contributed by atoms with Crippen LogP contribution in [0, 0.1) is 27.7 Å². The van der Waals surface area contributed by atoms with Crippen LogP contribution in [0.25, 0.3) is 21.8 Å². The van der Waals surface area contributed by atoms with Gasteiger partial charge in [0.05, 0.1) is 44.8 Å². The second-order valence-electron chi connectivity index (χ2n) is 14.6. The van der Waals surface area contributed by atoms with Crippen molar-refractivity contribution in [2.45, 2.75) is 93.2 Å². The number of aromatic nitrogens is 2. The van der Waals surface area contributed by atoms with Crippen LogP contribution in [0.2, 0.25) is 10.0 Å². The summed E-state index contributed by atoms with van der Waals surface area (Å²) in [5.41, 5.74) is 8.91. The van der Waals surface area contributed by atoms with Crippen molar-refractivity contribution in [3.05, 3.63) is 127 Å². The van der Waals surface area contributed by atoms with Gasteiger partial charge in [0.1, 0.15) is 11.5 Å². The number of carbonyl (C=O) groups is 2. The number of hydrogen-bond donors (Lipinski definition) is 0. The van der Waals surface area contributed by atoms with E-state index in [1.807, 2.05) is 84.0 Å². The van der Waals surface area contributed by atoms with Gasteiger partial charge in [0.15, 0.2) is 0 Å². The maximum atomic E-state index is 11.8. The minimum Gasteiger partial charge on any atom is -0.494 e. The van der Waals surface area contributed by atoms with Crippen molar-refractivity contribution in [1.29, 1.82) is 0 Å². The van der Waals surface area contributed by atoms with Crippen LogP contribution in [-0.2, 0) is 45.0 Å². The van der Waals surface area contributed by atoms with Crippen LogP contribution in [0.4, 0.5) is 0 Å². The lowest BCUT2D eigenvalue weighted by atomic mass is 10.1. The molecule has 4 aromatic carbocycles. The number of halogens is 3. The molecule has 0 aliphatic carbocycles. The van der Waals surface area contributed by atoms with Gasteiger partial charge in [-0.25, -0.2) is 0 Å². The Hall–Kier alpha value is -4.44. The van der Waals surface area contributed by atoms with Crippen LogP contribution in [0.5, 0.6) is 11.5 Å². The van der Waals surface area contributed by atoms with Crippen LogP contribution < -0.4 is 9.47 Å². The molecule has 0 amide bonds. The zero-order valence-corrected chi connectivity index (χ0v) is 38.1. The molecule has 6 aromatic rings. The number of esters is 2. The molecule has 59 heavy (non-hydrogen) atoms. The van der Waals surface area contributed by atoms with Crippen LogP contribution in [0.15, 0.2) is 83.6 Å². The van der Waals surface area contributed by atoms with Gasteiger partial charge in [-0.1, -0.05) is 53.5 Å². The normalized spacial score (nSPS) is 11.1. The standard InChI is InChI=1S/C24H27BrClNO3.C24H28ClNO3/c1-4-29-22(28)10-11-27-15-18(20-8-5-9-21(25)24(20)27)7-6-12-30-19-13-16(2)23(26)17(3)14-19;1-4-28-23(27)11-12-26-16-19(21-9-5-6-10-22(21)26)8-7-13-29-20-14-17(2)24(25)18(3)15-20/h5,8-9,13-15H,4,6-7,10-12H2,1-3H3;5-6,9-10,14-16H,4,7-8,11-13H2,1-3H3. The van der Waals surface area contributed by atoms with Gasteiger partial charge in [-0.15, -0.1) is 0 Å². The van der Waals surface area contributed by atoms with Crippen molar-refractivity contribution < 1.29 is 28.5 Å². The Balaban J connectivity index is 0.000000224. The van der Waals surface area contributed by atoms with E-state index in [2.05, 4.69) is 61.7 Å². The number of carbonyl (C=O) groups excluding carboxylic acids is 2. The molecule has 0 unspecified atom stereocenters. The zero-order valence-electron chi connectivity index (χ0n) is 35.0. The lowest BCUT2D eigenvalue weighted by Gasteiger charge is -2.10. The Morgan fingerprint density at radius 3 is 1.61 bits per heavy atom. The van der Waals surface area contributed by atoms with E-state index >= 15 is 0 Å². The maximum Gasteiger partial charge on any atom is 0.307 e. The number of benzene rings is 4. The third-order valence-electron chi connectivity index (χ3n) is 10.1. The monoisotopic (exact) mass is 904 g/mol. The third kappa shape index (κ3) is 12.5. The summed E-state index contributed by atoms with van der Waals surface area (Å²) in [7, 11) is 0. The molecule has 0 spiro atoms.